The molecule has 2 N–H and O–H groups in total. The highest BCUT2D eigenvalue weighted by molar-refractivity contribution is 5.92. The molecule has 2 rings (SSSR count). The predicted octanol–water partition coefficient (Wildman–Crippen LogP) is -0.140. The molecule has 2 aromatic rings. The number of nitro groups is 2. The summed E-state index contributed by atoms with van der Waals surface area (Å²) < 4.78 is 4.12. The Bertz CT molecular complexity index is 648. The van der Waals surface area contributed by atoms with Gasteiger partial charge in [-0.3, -0.25) is 24.9 Å². The molecule has 0 aliphatic carbocycles. The average molecular weight is 241 g/mol. The Balaban J connectivity index is 2.99. The average Bonchev–Trinajstić information content (AvgIpc) is 2.57. The molecule has 11 nitrogen and oxygen atoms in total. The van der Waals surface area contributed by atoms with Crippen molar-refractivity contribution in [2.24, 2.45) is 0 Å². The number of nitrogen functional groups attached to an aromatic ring is 1. The quantitative estimate of drug-likeness (QED) is 0.328. The second-order valence-corrected chi connectivity index (χ2v) is 2.98. The van der Waals surface area contributed by atoms with E-state index in [2.05, 4.69) is 9.79 Å². The van der Waals surface area contributed by atoms with Gasteiger partial charge in [0.05, 0.1) is 15.0 Å². The summed E-state index contributed by atoms with van der Waals surface area (Å²) in [5.74, 6) is 0. The van der Waals surface area contributed by atoms with E-state index in [9.17, 15) is 25.4 Å². The summed E-state index contributed by atoms with van der Waals surface area (Å²) in [5, 5.41) is 35.6. The number of anilines is 1. The normalized spacial score (nSPS) is 10.6. The highest BCUT2D eigenvalue weighted by atomic mass is 16.8. The SMILES string of the molecule is Nc1cc2c(no[n+]2[O-])c([N+](=O)[O-])c1[N+](=O)[O-]. The van der Waals surface area contributed by atoms with Gasteiger partial charge >= 0.3 is 16.9 Å². The maximum absolute atomic E-state index is 11.0. The van der Waals surface area contributed by atoms with E-state index >= 15 is 0 Å². The van der Waals surface area contributed by atoms with Crippen molar-refractivity contribution in [1.82, 2.24) is 5.16 Å². The van der Waals surface area contributed by atoms with Gasteiger partial charge in [-0.25, -0.2) is 0 Å². The van der Waals surface area contributed by atoms with Gasteiger partial charge in [-0.2, -0.15) is 0 Å². The van der Waals surface area contributed by atoms with Gasteiger partial charge in [0.25, 0.3) is 0 Å². The van der Waals surface area contributed by atoms with Crippen molar-refractivity contribution in [1.29, 1.82) is 0 Å². The van der Waals surface area contributed by atoms with Gasteiger partial charge in [-0.05, 0) is 4.90 Å². The fraction of sp³-hybridized carbons (Fsp3) is 0. The maximum atomic E-state index is 11.0. The Kier molecular flexibility index (Phi) is 2.02. The van der Waals surface area contributed by atoms with Crippen LogP contribution in [0.5, 0.6) is 0 Å². The lowest BCUT2D eigenvalue weighted by Gasteiger charge is -1.96. The molecule has 0 unspecified atom stereocenters. The van der Waals surface area contributed by atoms with Crippen LogP contribution in [0.2, 0.25) is 0 Å². The molecular formula is C6H3N5O6. The summed E-state index contributed by atoms with van der Waals surface area (Å²) in [6.45, 7) is 0. The Morgan fingerprint density at radius 1 is 1.29 bits per heavy atom. The van der Waals surface area contributed by atoms with E-state index in [0.29, 0.717) is 0 Å². The first-order valence-electron chi connectivity index (χ1n) is 4.04. The largest absolute Gasteiger partial charge is 0.405 e. The molecule has 0 fully saturated rings. The molecule has 0 atom stereocenters. The number of fused-ring (bicyclic) bond motifs is 1. The lowest BCUT2D eigenvalue weighted by atomic mass is 10.2. The van der Waals surface area contributed by atoms with E-state index in [0.717, 1.165) is 6.07 Å². The minimum absolute atomic E-state index is 0.123. The number of nitrogens with two attached hydrogens (primary N) is 1. The van der Waals surface area contributed by atoms with Crippen molar-refractivity contribution in [3.8, 4) is 0 Å². The molecule has 0 saturated carbocycles. The van der Waals surface area contributed by atoms with E-state index in [1.54, 1.807) is 0 Å². The number of nitrogens with zero attached hydrogens (tertiary/aromatic N) is 4. The Labute approximate surface area is 90.9 Å². The lowest BCUT2D eigenvalue weighted by molar-refractivity contribution is -0.782. The van der Waals surface area contributed by atoms with E-state index in [4.69, 9.17) is 5.73 Å². The molecule has 0 aliphatic rings. The van der Waals surface area contributed by atoms with Gasteiger partial charge in [-0.1, -0.05) is 0 Å². The first-order valence-corrected chi connectivity index (χ1v) is 4.04. The molecule has 11 heteroatoms. The van der Waals surface area contributed by atoms with Crippen molar-refractivity contribution in [2.45, 2.75) is 0 Å². The van der Waals surface area contributed by atoms with E-state index in [1.165, 1.54) is 0 Å². The Morgan fingerprint density at radius 2 is 1.88 bits per heavy atom. The van der Waals surface area contributed by atoms with Crippen LogP contribution in [-0.2, 0) is 0 Å². The fourth-order valence-electron chi connectivity index (χ4n) is 1.37. The summed E-state index contributed by atoms with van der Waals surface area (Å²) in [5.41, 5.74) is 2.02. The van der Waals surface area contributed by atoms with Crippen molar-refractivity contribution >= 4 is 28.1 Å². The zero-order valence-electron chi connectivity index (χ0n) is 7.89. The van der Waals surface area contributed by atoms with Crippen LogP contribution in [0.4, 0.5) is 17.1 Å². The van der Waals surface area contributed by atoms with Gasteiger partial charge < -0.3 is 10.9 Å². The lowest BCUT2D eigenvalue weighted by Crippen LogP contribution is -2.22. The highest BCUT2D eigenvalue weighted by Gasteiger charge is 2.37. The highest BCUT2D eigenvalue weighted by Crippen LogP contribution is 2.37. The summed E-state index contributed by atoms with van der Waals surface area (Å²) in [6, 6.07) is 0.893. The molecule has 1 heterocycles. The van der Waals surface area contributed by atoms with E-state index in [-0.39, 0.29) is 10.4 Å². The van der Waals surface area contributed by atoms with Crippen LogP contribution in [0, 0.1) is 25.4 Å². The van der Waals surface area contributed by atoms with Crippen molar-refractivity contribution in [3.63, 3.8) is 0 Å². The van der Waals surface area contributed by atoms with Crippen LogP contribution in [0.15, 0.2) is 10.7 Å². The van der Waals surface area contributed by atoms with Crippen molar-refractivity contribution < 1.29 is 19.4 Å². The number of rotatable bonds is 2. The minimum Gasteiger partial charge on any atom is -0.393 e. The third kappa shape index (κ3) is 1.37. The topological polar surface area (TPSA) is 165 Å². The molecule has 88 valence electrons. The number of hydrogen-bond acceptors (Lipinski definition) is 8. The summed E-state index contributed by atoms with van der Waals surface area (Å²) in [4.78, 5) is 19.2. The number of aromatic nitrogens is 2. The first-order chi connectivity index (χ1) is 7.93. The zero-order chi connectivity index (χ0) is 12.7. The van der Waals surface area contributed by atoms with Gasteiger partial charge in [-0.15, -0.1) is 0 Å². The molecule has 0 amide bonds. The third-order valence-corrected chi connectivity index (χ3v) is 2.02. The van der Waals surface area contributed by atoms with Gasteiger partial charge in [0, 0.05) is 6.07 Å². The smallest absolute Gasteiger partial charge is 0.393 e. The zero-order valence-corrected chi connectivity index (χ0v) is 7.89. The minimum atomic E-state index is -1.04. The monoisotopic (exact) mass is 241 g/mol. The van der Waals surface area contributed by atoms with Crippen LogP contribution in [0.3, 0.4) is 0 Å². The summed E-state index contributed by atoms with van der Waals surface area (Å²) in [7, 11) is 0. The number of benzene rings is 1. The van der Waals surface area contributed by atoms with Gasteiger partial charge in [0.15, 0.2) is 0 Å². The van der Waals surface area contributed by atoms with Crippen molar-refractivity contribution in [3.05, 3.63) is 31.5 Å². The Morgan fingerprint density at radius 3 is 2.41 bits per heavy atom. The molecule has 1 aromatic heterocycles. The molecular weight excluding hydrogens is 238 g/mol. The molecule has 0 radical (unpaired) electrons. The molecule has 17 heavy (non-hydrogen) atoms. The van der Waals surface area contributed by atoms with E-state index in [1.807, 2.05) is 0 Å². The molecule has 0 spiro atoms. The predicted molar refractivity (Wildman–Crippen MR) is 50.7 cm³/mol. The van der Waals surface area contributed by atoms with Crippen LogP contribution in [0.25, 0.3) is 11.0 Å². The van der Waals surface area contributed by atoms with Crippen LogP contribution in [-0.4, -0.2) is 15.0 Å². The van der Waals surface area contributed by atoms with Gasteiger partial charge in [0.1, 0.15) is 5.69 Å². The third-order valence-electron chi connectivity index (χ3n) is 2.02. The molecule has 0 saturated heterocycles. The maximum Gasteiger partial charge on any atom is 0.405 e. The fourth-order valence-corrected chi connectivity index (χ4v) is 1.37. The van der Waals surface area contributed by atoms with Crippen LogP contribution < -0.4 is 10.6 Å². The number of hydrogen-bond donors (Lipinski definition) is 1. The van der Waals surface area contributed by atoms with Crippen LogP contribution in [0.1, 0.15) is 0 Å². The van der Waals surface area contributed by atoms with Gasteiger partial charge in [0.2, 0.25) is 5.52 Å². The first kappa shape index (κ1) is 10.5. The molecule has 1 aromatic carbocycles. The molecule has 0 bridgehead atoms. The number of nitro benzene ring substituents is 2. The summed E-state index contributed by atoms with van der Waals surface area (Å²) in [6.07, 6.45) is 0. The van der Waals surface area contributed by atoms with Crippen molar-refractivity contribution in [2.75, 3.05) is 5.73 Å². The van der Waals surface area contributed by atoms with E-state index < -0.39 is 32.4 Å². The van der Waals surface area contributed by atoms with Crippen LogP contribution >= 0.6 is 0 Å². The molecule has 0 aliphatic heterocycles. The Hall–Kier alpha value is -2.98. The second kappa shape index (κ2) is 3.26. The standard InChI is InChI=1S/C6H3N5O6/c7-2-1-3-4(8-17-11(3)16)6(10(14)15)5(2)9(12)13/h1H,7H2. The summed E-state index contributed by atoms with van der Waals surface area (Å²) >= 11 is 0. The second-order valence-electron chi connectivity index (χ2n) is 2.98.